The lowest BCUT2D eigenvalue weighted by atomic mass is 9.94. The zero-order valence-corrected chi connectivity index (χ0v) is 16.0. The van der Waals surface area contributed by atoms with Crippen molar-refractivity contribution < 1.29 is 4.74 Å². The van der Waals surface area contributed by atoms with Crippen LogP contribution in [0.15, 0.2) is 97.6 Å². The minimum absolute atomic E-state index is 0.428. The summed E-state index contributed by atoms with van der Waals surface area (Å²) in [4.78, 5) is 0. The van der Waals surface area contributed by atoms with Crippen molar-refractivity contribution in [1.82, 2.24) is 0 Å². The molecule has 0 N–H and O–H groups in total. The van der Waals surface area contributed by atoms with Gasteiger partial charge in [0.2, 0.25) is 0 Å². The van der Waals surface area contributed by atoms with E-state index in [0.29, 0.717) is 0 Å². The number of allylic oxidation sites excluding steroid dienone is 1. The quantitative estimate of drug-likeness (QED) is 0.489. The van der Waals surface area contributed by atoms with E-state index in [1.165, 1.54) is 16.7 Å². The van der Waals surface area contributed by atoms with Crippen LogP contribution in [0.1, 0.15) is 16.7 Å². The number of ether oxygens (including phenoxy) is 1. The van der Waals surface area contributed by atoms with Crippen molar-refractivity contribution in [3.8, 4) is 5.75 Å². The molecule has 3 rings (SSSR count). The molecule has 0 aliphatic carbocycles. The highest BCUT2D eigenvalue weighted by Crippen LogP contribution is 2.34. The third-order valence-electron chi connectivity index (χ3n) is 4.29. The Morgan fingerprint density at radius 2 is 1.42 bits per heavy atom. The van der Waals surface area contributed by atoms with E-state index < -0.39 is 5.22 Å². The van der Waals surface area contributed by atoms with Gasteiger partial charge in [-0.25, -0.2) is 0 Å². The highest BCUT2D eigenvalue weighted by Gasteiger charge is 2.32. The number of rotatable bonds is 6. The van der Waals surface area contributed by atoms with E-state index in [9.17, 15) is 0 Å². The van der Waals surface area contributed by atoms with Crippen molar-refractivity contribution in [3.63, 3.8) is 0 Å². The molecule has 24 heavy (non-hydrogen) atoms. The molecule has 0 fully saturated rings. The van der Waals surface area contributed by atoms with E-state index >= 15 is 0 Å². The minimum atomic E-state index is -0.428. The summed E-state index contributed by atoms with van der Waals surface area (Å²) in [7, 11) is 0.828. The van der Waals surface area contributed by atoms with Gasteiger partial charge >= 0.3 is 0 Å². The summed E-state index contributed by atoms with van der Waals surface area (Å²) >= 11 is 0. The first-order valence-electron chi connectivity index (χ1n) is 8.23. The van der Waals surface area contributed by atoms with Crippen LogP contribution in [0.3, 0.4) is 0 Å². The van der Waals surface area contributed by atoms with Gasteiger partial charge in [0.25, 0.3) is 0 Å². The Hall–Kier alpha value is -2.58. The highest BCUT2D eigenvalue weighted by atomic mass is 28.1. The van der Waals surface area contributed by atoms with Crippen molar-refractivity contribution >= 4 is 10.2 Å². The third-order valence-corrected chi connectivity index (χ3v) is 5.61. The van der Waals surface area contributed by atoms with Crippen molar-refractivity contribution in [1.29, 1.82) is 0 Å². The molecule has 0 bridgehead atoms. The van der Waals surface area contributed by atoms with Gasteiger partial charge in [-0.2, -0.15) is 0 Å². The molecular weight excluding hydrogens is 308 g/mol. The summed E-state index contributed by atoms with van der Waals surface area (Å²) < 4.78 is 6.59. The number of hydrogen-bond acceptors (Lipinski definition) is 1. The van der Waals surface area contributed by atoms with Gasteiger partial charge in [0.05, 0.1) is 10.2 Å². The molecule has 0 amide bonds. The molecule has 0 aliphatic rings. The Bertz CT molecular complexity index is 798. The molecule has 0 aliphatic heterocycles. The molecule has 0 heterocycles. The van der Waals surface area contributed by atoms with E-state index in [0.717, 1.165) is 22.4 Å². The molecule has 0 saturated carbocycles. The fourth-order valence-corrected chi connectivity index (χ4v) is 4.13. The van der Waals surface area contributed by atoms with Crippen molar-refractivity contribution in [2.45, 2.75) is 11.6 Å². The molecule has 2 heteroatoms. The standard InChI is InChI=1S/C22H22OSi/c1-2-11-18-12-9-10-17-21(18)22(24,19-13-5-3-6-14-19)23-20-15-7-4-8-16-20/h2-10,12-17H,1,11H2,24H3. The SMILES string of the molecule is C=CCc1ccccc1C([SiH3])(Oc1ccccc1)c1ccccc1. The molecule has 120 valence electrons. The van der Waals surface area contributed by atoms with Crippen LogP contribution in [0, 0.1) is 0 Å². The molecular formula is C22H22OSi. The number of hydrogen-bond donors (Lipinski definition) is 0. The topological polar surface area (TPSA) is 9.23 Å². The van der Waals surface area contributed by atoms with E-state index in [-0.39, 0.29) is 0 Å². The summed E-state index contributed by atoms with van der Waals surface area (Å²) in [6.45, 7) is 3.91. The summed E-state index contributed by atoms with van der Waals surface area (Å²) in [5.41, 5.74) is 3.69. The van der Waals surface area contributed by atoms with Crippen LogP contribution in [0.2, 0.25) is 0 Å². The average molecular weight is 331 g/mol. The maximum Gasteiger partial charge on any atom is 0.135 e. The summed E-state index contributed by atoms with van der Waals surface area (Å²) in [5.74, 6) is 0.893. The van der Waals surface area contributed by atoms with Gasteiger partial charge in [0.15, 0.2) is 0 Å². The number of para-hydroxylation sites is 1. The monoisotopic (exact) mass is 330 g/mol. The van der Waals surface area contributed by atoms with Crippen LogP contribution in [-0.4, -0.2) is 10.2 Å². The molecule has 1 nitrogen and oxygen atoms in total. The zero-order valence-electron chi connectivity index (χ0n) is 14.0. The number of benzene rings is 3. The van der Waals surface area contributed by atoms with Gasteiger partial charge in [-0.1, -0.05) is 78.9 Å². The predicted molar refractivity (Wildman–Crippen MR) is 105 cm³/mol. The molecule has 0 spiro atoms. The second-order valence-corrected chi connectivity index (χ2v) is 7.37. The fourth-order valence-electron chi connectivity index (χ4n) is 3.07. The minimum Gasteiger partial charge on any atom is -0.483 e. The Labute approximate surface area is 147 Å². The van der Waals surface area contributed by atoms with Crippen LogP contribution in [0.5, 0.6) is 5.75 Å². The maximum atomic E-state index is 6.59. The zero-order chi connectivity index (χ0) is 16.8. The molecule has 1 unspecified atom stereocenters. The Balaban J connectivity index is 2.14. The first-order valence-corrected chi connectivity index (χ1v) is 9.23. The highest BCUT2D eigenvalue weighted by molar-refractivity contribution is 6.17. The van der Waals surface area contributed by atoms with Crippen molar-refractivity contribution in [3.05, 3.63) is 114 Å². The Kier molecular flexibility index (Phi) is 4.97. The van der Waals surface area contributed by atoms with Crippen LogP contribution in [0.4, 0.5) is 0 Å². The first-order chi connectivity index (χ1) is 11.7. The summed E-state index contributed by atoms with van der Waals surface area (Å²) in [5, 5.41) is -0.428. The van der Waals surface area contributed by atoms with Gasteiger partial charge in [-0.15, -0.1) is 6.58 Å². The van der Waals surface area contributed by atoms with Gasteiger partial charge in [0.1, 0.15) is 11.0 Å². The molecule has 3 aromatic rings. The van der Waals surface area contributed by atoms with Crippen molar-refractivity contribution in [2.24, 2.45) is 0 Å². The molecule has 1 atom stereocenters. The van der Waals surface area contributed by atoms with Crippen LogP contribution < -0.4 is 4.74 Å². The average Bonchev–Trinajstić information content (AvgIpc) is 2.64. The smallest absolute Gasteiger partial charge is 0.135 e. The van der Waals surface area contributed by atoms with E-state index in [4.69, 9.17) is 4.74 Å². The second kappa shape index (κ2) is 7.32. The van der Waals surface area contributed by atoms with E-state index in [1.807, 2.05) is 42.5 Å². The van der Waals surface area contributed by atoms with Crippen LogP contribution in [0.25, 0.3) is 0 Å². The third kappa shape index (κ3) is 3.34. The molecule has 0 radical (unpaired) electrons. The Morgan fingerprint density at radius 3 is 2.08 bits per heavy atom. The Morgan fingerprint density at radius 1 is 0.833 bits per heavy atom. The molecule has 3 aromatic carbocycles. The lowest BCUT2D eigenvalue weighted by molar-refractivity contribution is 0.200. The van der Waals surface area contributed by atoms with E-state index in [2.05, 4.69) is 55.1 Å². The maximum absolute atomic E-state index is 6.59. The lowest BCUT2D eigenvalue weighted by Gasteiger charge is -2.34. The van der Waals surface area contributed by atoms with E-state index in [1.54, 1.807) is 0 Å². The summed E-state index contributed by atoms with van der Waals surface area (Å²) in [6, 6.07) is 29.1. The molecule has 0 aromatic heterocycles. The molecule has 0 saturated heterocycles. The van der Waals surface area contributed by atoms with Crippen molar-refractivity contribution in [2.75, 3.05) is 0 Å². The van der Waals surface area contributed by atoms with Crippen LogP contribution in [-0.2, 0) is 11.6 Å². The summed E-state index contributed by atoms with van der Waals surface area (Å²) in [6.07, 6.45) is 2.79. The van der Waals surface area contributed by atoms with Crippen LogP contribution >= 0.6 is 0 Å². The van der Waals surface area contributed by atoms with Gasteiger partial charge in [-0.05, 0) is 35.2 Å². The normalized spacial score (nSPS) is 13.2. The largest absolute Gasteiger partial charge is 0.483 e. The lowest BCUT2D eigenvalue weighted by Crippen LogP contribution is -2.36. The predicted octanol–water partition coefficient (Wildman–Crippen LogP) is 4.06. The van der Waals surface area contributed by atoms with Gasteiger partial charge in [0, 0.05) is 0 Å². The first kappa shape index (κ1) is 16.3. The van der Waals surface area contributed by atoms with Gasteiger partial charge < -0.3 is 4.74 Å². The van der Waals surface area contributed by atoms with Gasteiger partial charge in [-0.3, -0.25) is 0 Å². The fraction of sp³-hybridized carbons (Fsp3) is 0.0909. The second-order valence-electron chi connectivity index (χ2n) is 5.96.